The average Bonchev–Trinajstić information content (AvgIpc) is 2.63. The first-order valence-corrected chi connectivity index (χ1v) is 13.1. The van der Waals surface area contributed by atoms with E-state index in [0.29, 0.717) is 24.5 Å². The van der Waals surface area contributed by atoms with Gasteiger partial charge in [0.25, 0.3) is 0 Å². The molecule has 0 bridgehead atoms. The first-order chi connectivity index (χ1) is 13.4. The molecule has 0 saturated heterocycles. The van der Waals surface area contributed by atoms with Crippen LogP contribution < -0.4 is 5.32 Å². The lowest BCUT2D eigenvalue weighted by Crippen LogP contribution is -2.47. The summed E-state index contributed by atoms with van der Waals surface area (Å²) in [7, 11) is 0. The minimum Gasteiger partial charge on any atom is -0.367 e. The maximum absolute atomic E-state index is 14.6. The highest BCUT2D eigenvalue weighted by molar-refractivity contribution is 14.2. The maximum Gasteiger partial charge on any atom is 0.306 e. The van der Waals surface area contributed by atoms with Crippen molar-refractivity contribution in [3.05, 3.63) is 12.3 Å². The summed E-state index contributed by atoms with van der Waals surface area (Å²) >= 11 is 4.12. The van der Waals surface area contributed by atoms with Gasteiger partial charge in [0.05, 0.1) is 17.5 Å². The van der Waals surface area contributed by atoms with Crippen molar-refractivity contribution in [2.45, 2.75) is 82.2 Å². The molecule has 0 aromatic heterocycles. The van der Waals surface area contributed by atoms with E-state index in [0.717, 1.165) is 6.42 Å². The summed E-state index contributed by atoms with van der Waals surface area (Å²) in [4.78, 5) is 4.18. The molecule has 0 aliphatic rings. The smallest absolute Gasteiger partial charge is 0.306 e. The molecule has 0 heterocycles. The molecule has 0 radical (unpaired) electrons. The Bertz CT molecular complexity index is 531. The summed E-state index contributed by atoms with van der Waals surface area (Å²) in [5, 5.41) is 13.0. The van der Waals surface area contributed by atoms with E-state index < -0.39 is 42.6 Å². The Morgan fingerprint density at radius 2 is 1.97 bits per heavy atom. The standard InChI is InChI=1S/C21H38ClF2IN2O2/c1-8-20(5,6)29-19(28)14-27-18(21(23,24)25-7)12-17(11-15(2)3)9-10-26-16(4)13-22/h10,15,17-19,27-28H,4,7-9,11-14H2,1-3,5-6H3/t17?,18-,19?/m0/s1. The first-order valence-electron chi connectivity index (χ1n) is 9.99. The van der Waals surface area contributed by atoms with Crippen molar-refractivity contribution >= 4 is 43.1 Å². The number of allylic oxidation sites excluding steroid dienone is 1. The Kier molecular flexibility index (Phi) is 14.2. The van der Waals surface area contributed by atoms with E-state index in [1.165, 1.54) is 0 Å². The Morgan fingerprint density at radius 1 is 1.34 bits per heavy atom. The van der Waals surface area contributed by atoms with E-state index in [2.05, 4.69) is 35.3 Å². The van der Waals surface area contributed by atoms with E-state index in [1.807, 2.05) is 20.8 Å². The molecule has 29 heavy (non-hydrogen) atoms. The maximum atomic E-state index is 14.6. The highest BCUT2D eigenvalue weighted by Crippen LogP contribution is 2.36. The zero-order valence-electron chi connectivity index (χ0n) is 18.4. The average molecular weight is 551 g/mol. The van der Waals surface area contributed by atoms with Crippen LogP contribution in [0.1, 0.15) is 60.3 Å². The lowest BCUT2D eigenvalue weighted by Gasteiger charge is -2.32. The largest absolute Gasteiger partial charge is 0.367 e. The summed E-state index contributed by atoms with van der Waals surface area (Å²) in [5.41, 5.74) is 0.0391. The molecular formula is C21H38ClF2IN2O2. The van der Waals surface area contributed by atoms with Gasteiger partial charge >= 0.3 is 3.93 Å². The van der Waals surface area contributed by atoms with Crippen molar-refractivity contribution in [3.8, 4) is 0 Å². The van der Waals surface area contributed by atoms with Crippen molar-refractivity contribution in [3.63, 3.8) is 0 Å². The van der Waals surface area contributed by atoms with Crippen LogP contribution in [-0.4, -0.2) is 50.1 Å². The molecule has 0 rings (SSSR count). The number of hydrogen-bond donors (Lipinski definition) is 2. The van der Waals surface area contributed by atoms with Gasteiger partial charge < -0.3 is 15.2 Å². The number of rotatable bonds is 16. The van der Waals surface area contributed by atoms with Crippen LogP contribution in [0.5, 0.6) is 0 Å². The normalized spacial score (nSPS) is 16.3. The summed E-state index contributed by atoms with van der Waals surface area (Å²) in [6, 6.07) is -1.07. The van der Waals surface area contributed by atoms with E-state index in [9.17, 15) is 13.9 Å². The summed E-state index contributed by atoms with van der Waals surface area (Å²) < 4.78 is 35.4. The number of ether oxygens (including phenoxy) is 1. The quantitative estimate of drug-likeness (QED) is 0.112. The Hall–Kier alpha value is 0.0400. The fourth-order valence-electron chi connectivity index (χ4n) is 2.82. The molecule has 172 valence electrons. The van der Waals surface area contributed by atoms with Crippen LogP contribution in [0.2, 0.25) is 0 Å². The molecule has 2 N–H and O–H groups in total. The topological polar surface area (TPSA) is 53.9 Å². The van der Waals surface area contributed by atoms with E-state index in [-0.39, 0.29) is 24.8 Å². The SMILES string of the molecule is C=IC(F)(F)[C@H](CC(CC=NC(=C)CCl)CC(C)C)NCC(O)OC(C)(C)CC. The molecule has 2 unspecified atom stereocenters. The Balaban J connectivity index is 5.17. The molecule has 0 saturated carbocycles. The molecule has 0 aromatic carbocycles. The van der Waals surface area contributed by atoms with Crippen molar-refractivity contribution < 1.29 is 18.6 Å². The molecular weight excluding hydrogens is 513 g/mol. The van der Waals surface area contributed by atoms with Gasteiger partial charge in [-0.05, 0) is 72.1 Å². The molecule has 0 aliphatic carbocycles. The van der Waals surface area contributed by atoms with E-state index in [1.54, 1.807) is 6.21 Å². The van der Waals surface area contributed by atoms with Crippen molar-refractivity contribution in [2.75, 3.05) is 12.4 Å². The van der Waals surface area contributed by atoms with Crippen LogP contribution in [0, 0.1) is 11.8 Å². The first kappa shape index (κ1) is 29.0. The van der Waals surface area contributed by atoms with Gasteiger partial charge in [-0.1, -0.05) is 31.9 Å². The number of aliphatic hydroxyl groups excluding tert-OH is 1. The zero-order chi connectivity index (χ0) is 22.7. The number of hydrogen-bond acceptors (Lipinski definition) is 4. The summed E-state index contributed by atoms with van der Waals surface area (Å²) in [6.07, 6.45) is 2.91. The minimum absolute atomic E-state index is 0.0194. The lowest BCUT2D eigenvalue weighted by molar-refractivity contribution is -0.172. The van der Waals surface area contributed by atoms with Gasteiger partial charge in [0, 0.05) is 18.5 Å². The monoisotopic (exact) mass is 550 g/mol. The van der Waals surface area contributed by atoms with Crippen LogP contribution >= 0.6 is 32.3 Å². The second-order valence-electron chi connectivity index (χ2n) is 8.30. The second-order valence-corrected chi connectivity index (χ2v) is 10.8. The van der Waals surface area contributed by atoms with Crippen LogP contribution in [0.15, 0.2) is 17.3 Å². The summed E-state index contributed by atoms with van der Waals surface area (Å²) in [5.74, 6) is 0.629. The zero-order valence-corrected chi connectivity index (χ0v) is 21.3. The third-order valence-electron chi connectivity index (χ3n) is 4.66. The number of alkyl halides is 4. The molecule has 0 amide bonds. The predicted octanol–water partition coefficient (Wildman–Crippen LogP) is 5.73. The number of nitrogens with one attached hydrogen (secondary N) is 1. The van der Waals surface area contributed by atoms with Gasteiger partial charge in [0.2, 0.25) is 0 Å². The Labute approximate surface area is 190 Å². The molecule has 0 fully saturated rings. The van der Waals surface area contributed by atoms with Crippen molar-refractivity contribution in [2.24, 2.45) is 16.8 Å². The van der Waals surface area contributed by atoms with Gasteiger partial charge in [-0.15, -0.1) is 11.6 Å². The lowest BCUT2D eigenvalue weighted by atomic mass is 9.89. The Morgan fingerprint density at radius 3 is 2.45 bits per heavy atom. The van der Waals surface area contributed by atoms with Crippen molar-refractivity contribution in [1.82, 2.24) is 5.32 Å². The molecule has 8 heteroatoms. The van der Waals surface area contributed by atoms with Crippen LogP contribution in [0.3, 0.4) is 0 Å². The number of halogens is 4. The molecule has 0 spiro atoms. The minimum atomic E-state index is -2.88. The fraction of sp³-hybridized carbons (Fsp3) is 0.810. The number of aliphatic imine (C=N–C) groups is 1. The van der Waals surface area contributed by atoms with E-state index in [4.69, 9.17) is 16.3 Å². The molecule has 4 nitrogen and oxygen atoms in total. The third kappa shape index (κ3) is 13.1. The van der Waals surface area contributed by atoms with Gasteiger partial charge in [0.15, 0.2) is 6.29 Å². The third-order valence-corrected chi connectivity index (χ3v) is 6.74. The number of aliphatic hydroxyl groups is 1. The molecule has 3 atom stereocenters. The summed E-state index contributed by atoms with van der Waals surface area (Å²) in [6.45, 7) is 13.5. The highest BCUT2D eigenvalue weighted by atomic mass is 127. The highest BCUT2D eigenvalue weighted by Gasteiger charge is 2.38. The predicted molar refractivity (Wildman–Crippen MR) is 130 cm³/mol. The van der Waals surface area contributed by atoms with Gasteiger partial charge in [-0.25, -0.2) is 0 Å². The fourth-order valence-corrected chi connectivity index (χ4v) is 3.89. The number of nitrogens with zero attached hydrogens (tertiary/aromatic N) is 1. The van der Waals surface area contributed by atoms with Crippen molar-refractivity contribution in [1.29, 1.82) is 0 Å². The van der Waals surface area contributed by atoms with Crippen LogP contribution in [0.25, 0.3) is 0 Å². The van der Waals surface area contributed by atoms with Crippen LogP contribution in [-0.2, 0) is 4.74 Å². The van der Waals surface area contributed by atoms with Gasteiger partial charge in [-0.3, -0.25) is 4.99 Å². The van der Waals surface area contributed by atoms with E-state index >= 15 is 0 Å². The van der Waals surface area contributed by atoms with Gasteiger partial charge in [-0.2, -0.15) is 8.78 Å². The van der Waals surface area contributed by atoms with Gasteiger partial charge in [0.1, 0.15) is 0 Å². The van der Waals surface area contributed by atoms with Crippen LogP contribution in [0.4, 0.5) is 8.78 Å². The second kappa shape index (κ2) is 14.2. The molecule has 0 aliphatic heterocycles. The molecule has 0 aromatic rings.